The van der Waals surface area contributed by atoms with E-state index in [0.717, 1.165) is 5.56 Å². The molecule has 0 amide bonds. The molecule has 18 heavy (non-hydrogen) atoms. The van der Waals surface area contributed by atoms with Crippen LogP contribution in [0.3, 0.4) is 0 Å². The van der Waals surface area contributed by atoms with Gasteiger partial charge < -0.3 is 5.11 Å². The van der Waals surface area contributed by atoms with E-state index in [0.29, 0.717) is 16.3 Å². The van der Waals surface area contributed by atoms with E-state index >= 15 is 0 Å². The zero-order chi connectivity index (χ0) is 13.0. The zero-order valence-corrected chi connectivity index (χ0v) is 10.2. The number of nitrogens with zero attached hydrogens (tertiary/aromatic N) is 1. The van der Waals surface area contributed by atoms with Crippen LogP contribution in [0.2, 0.25) is 5.15 Å². The molecule has 0 aliphatic heterocycles. The average Bonchev–Trinajstić information content (AvgIpc) is 2.39. The monoisotopic (exact) mass is 263 g/mol. The molecule has 92 valence electrons. The fourth-order valence-corrected chi connectivity index (χ4v) is 1.75. The first-order valence-electron chi connectivity index (χ1n) is 5.38. The highest BCUT2D eigenvalue weighted by molar-refractivity contribution is 6.31. The number of halogens is 2. The Balaban J connectivity index is 2.40. The lowest BCUT2D eigenvalue weighted by Crippen LogP contribution is -1.91. The highest BCUT2D eigenvalue weighted by atomic mass is 35.5. The highest BCUT2D eigenvalue weighted by Crippen LogP contribution is 2.21. The Bertz CT molecular complexity index is 566. The van der Waals surface area contributed by atoms with Gasteiger partial charge in [-0.25, -0.2) is 9.37 Å². The lowest BCUT2D eigenvalue weighted by Gasteiger charge is -2.05. The van der Waals surface area contributed by atoms with Gasteiger partial charge in [-0.1, -0.05) is 29.8 Å². The molecule has 0 spiro atoms. The third-order valence-corrected chi connectivity index (χ3v) is 2.82. The maximum absolute atomic E-state index is 12.8. The third-order valence-electron chi connectivity index (χ3n) is 2.50. The van der Waals surface area contributed by atoms with Crippen molar-refractivity contribution in [1.82, 2.24) is 4.98 Å². The standard InChI is InChI=1S/C14H11ClFNO/c15-14-11(2-1-7-17-14)8-12(9-18)10-3-5-13(16)6-4-10/h1-8,18H,9H2/b12-8-. The van der Waals surface area contributed by atoms with Crippen molar-refractivity contribution >= 4 is 23.3 Å². The summed E-state index contributed by atoms with van der Waals surface area (Å²) in [5.74, 6) is -0.310. The molecule has 0 aliphatic carbocycles. The molecule has 1 aromatic carbocycles. The van der Waals surface area contributed by atoms with Gasteiger partial charge in [0.2, 0.25) is 0 Å². The smallest absolute Gasteiger partial charge is 0.136 e. The fourth-order valence-electron chi connectivity index (χ4n) is 1.58. The number of pyridine rings is 1. The maximum atomic E-state index is 12.8. The Morgan fingerprint density at radius 3 is 2.61 bits per heavy atom. The lowest BCUT2D eigenvalue weighted by atomic mass is 10.0. The van der Waals surface area contributed by atoms with Gasteiger partial charge in [-0.2, -0.15) is 0 Å². The summed E-state index contributed by atoms with van der Waals surface area (Å²) in [6, 6.07) is 9.49. The van der Waals surface area contributed by atoms with Gasteiger partial charge in [0, 0.05) is 11.8 Å². The molecule has 2 rings (SSSR count). The second kappa shape index (κ2) is 5.76. The largest absolute Gasteiger partial charge is 0.392 e. The van der Waals surface area contributed by atoms with Crippen molar-refractivity contribution in [1.29, 1.82) is 0 Å². The molecule has 4 heteroatoms. The number of aliphatic hydroxyl groups is 1. The molecule has 1 N–H and O–H groups in total. The quantitative estimate of drug-likeness (QED) is 0.861. The predicted molar refractivity (Wildman–Crippen MR) is 70.6 cm³/mol. The van der Waals surface area contributed by atoms with E-state index < -0.39 is 0 Å². The molecule has 1 aromatic heterocycles. The normalized spacial score (nSPS) is 11.6. The second-order valence-electron chi connectivity index (χ2n) is 3.72. The van der Waals surface area contributed by atoms with Crippen LogP contribution in [0, 0.1) is 5.82 Å². The Kier molecular flexibility index (Phi) is 4.07. The van der Waals surface area contributed by atoms with Crippen LogP contribution >= 0.6 is 11.6 Å². The number of aliphatic hydroxyl groups excluding tert-OH is 1. The van der Waals surface area contributed by atoms with Crippen LogP contribution in [0.5, 0.6) is 0 Å². The molecule has 0 aliphatic rings. The maximum Gasteiger partial charge on any atom is 0.136 e. The zero-order valence-electron chi connectivity index (χ0n) is 9.48. The van der Waals surface area contributed by atoms with Crippen LogP contribution in [0.15, 0.2) is 42.6 Å². The van der Waals surface area contributed by atoms with Gasteiger partial charge >= 0.3 is 0 Å². The summed E-state index contributed by atoms with van der Waals surface area (Å²) in [5, 5.41) is 9.74. The average molecular weight is 264 g/mol. The minimum atomic E-state index is -0.310. The third kappa shape index (κ3) is 2.94. The molecule has 0 unspecified atom stereocenters. The fraction of sp³-hybridized carbons (Fsp3) is 0.0714. The molecule has 0 atom stereocenters. The molecular formula is C14H11ClFNO. The molecule has 0 radical (unpaired) electrons. The van der Waals surface area contributed by atoms with E-state index in [2.05, 4.69) is 4.98 Å². The van der Waals surface area contributed by atoms with Gasteiger partial charge in [0.05, 0.1) is 6.61 Å². The summed E-state index contributed by atoms with van der Waals surface area (Å²) in [7, 11) is 0. The Morgan fingerprint density at radius 1 is 1.28 bits per heavy atom. The van der Waals surface area contributed by atoms with Crippen molar-refractivity contribution in [2.75, 3.05) is 6.61 Å². The first kappa shape index (κ1) is 12.7. The van der Waals surface area contributed by atoms with E-state index in [4.69, 9.17) is 11.6 Å². The van der Waals surface area contributed by atoms with Crippen molar-refractivity contribution in [2.45, 2.75) is 0 Å². The first-order valence-corrected chi connectivity index (χ1v) is 5.76. The van der Waals surface area contributed by atoms with Gasteiger partial charge in [-0.05, 0) is 35.4 Å². The number of hydrogen-bond donors (Lipinski definition) is 1. The second-order valence-corrected chi connectivity index (χ2v) is 4.08. The van der Waals surface area contributed by atoms with Gasteiger partial charge in [-0.15, -0.1) is 0 Å². The number of rotatable bonds is 3. The summed E-state index contributed by atoms with van der Waals surface area (Å²) < 4.78 is 12.8. The Morgan fingerprint density at radius 2 is 2.00 bits per heavy atom. The molecule has 0 saturated heterocycles. The van der Waals surface area contributed by atoms with Crippen LogP contribution in [-0.2, 0) is 0 Å². The minimum absolute atomic E-state index is 0.156. The van der Waals surface area contributed by atoms with Crippen LogP contribution in [-0.4, -0.2) is 16.7 Å². The molecule has 0 bridgehead atoms. The van der Waals surface area contributed by atoms with Gasteiger partial charge in [0.1, 0.15) is 11.0 Å². The molecular weight excluding hydrogens is 253 g/mol. The molecule has 2 aromatic rings. The summed E-state index contributed by atoms with van der Waals surface area (Å²) in [5.41, 5.74) is 2.12. The predicted octanol–water partition coefficient (Wildman–Crippen LogP) is 3.41. The number of hydrogen-bond acceptors (Lipinski definition) is 2. The molecule has 0 fully saturated rings. The van der Waals surface area contributed by atoms with Crippen LogP contribution in [0.1, 0.15) is 11.1 Å². The topological polar surface area (TPSA) is 33.1 Å². The minimum Gasteiger partial charge on any atom is -0.392 e. The summed E-state index contributed by atoms with van der Waals surface area (Å²) >= 11 is 5.94. The van der Waals surface area contributed by atoms with Gasteiger partial charge in [0.15, 0.2) is 0 Å². The molecule has 0 saturated carbocycles. The number of benzene rings is 1. The van der Waals surface area contributed by atoms with E-state index in [1.165, 1.54) is 12.1 Å². The van der Waals surface area contributed by atoms with Crippen molar-refractivity contribution in [3.63, 3.8) is 0 Å². The highest BCUT2D eigenvalue weighted by Gasteiger charge is 2.03. The first-order chi connectivity index (χ1) is 8.70. The van der Waals surface area contributed by atoms with Crippen molar-refractivity contribution < 1.29 is 9.50 Å². The van der Waals surface area contributed by atoms with Crippen LogP contribution in [0.4, 0.5) is 4.39 Å². The van der Waals surface area contributed by atoms with Gasteiger partial charge in [-0.3, -0.25) is 0 Å². The van der Waals surface area contributed by atoms with E-state index in [1.807, 2.05) is 0 Å². The van der Waals surface area contributed by atoms with Gasteiger partial charge in [0.25, 0.3) is 0 Å². The van der Waals surface area contributed by atoms with Crippen LogP contribution < -0.4 is 0 Å². The number of aromatic nitrogens is 1. The van der Waals surface area contributed by atoms with E-state index in [9.17, 15) is 9.50 Å². The molecule has 1 heterocycles. The summed E-state index contributed by atoms with van der Waals surface area (Å²) in [4.78, 5) is 3.95. The molecule has 2 nitrogen and oxygen atoms in total. The Labute approximate surface area is 109 Å². The van der Waals surface area contributed by atoms with E-state index in [1.54, 1.807) is 36.5 Å². The summed E-state index contributed by atoms with van der Waals surface area (Å²) in [6.07, 6.45) is 3.33. The van der Waals surface area contributed by atoms with Crippen molar-refractivity contribution in [3.8, 4) is 0 Å². The van der Waals surface area contributed by atoms with Crippen molar-refractivity contribution in [3.05, 3.63) is 64.7 Å². The SMILES string of the molecule is OC/C(=C/c1cccnc1Cl)c1ccc(F)cc1. The van der Waals surface area contributed by atoms with E-state index in [-0.39, 0.29) is 12.4 Å². The summed E-state index contributed by atoms with van der Waals surface area (Å²) in [6.45, 7) is -0.156. The van der Waals surface area contributed by atoms with Crippen molar-refractivity contribution in [2.24, 2.45) is 0 Å². The van der Waals surface area contributed by atoms with Crippen LogP contribution in [0.25, 0.3) is 11.6 Å². The Hall–Kier alpha value is -1.71. The lowest BCUT2D eigenvalue weighted by molar-refractivity contribution is 0.350.